The van der Waals surface area contributed by atoms with Gasteiger partial charge in [-0.2, -0.15) is 20.4 Å². The molecule has 35 heteroatoms. The lowest BCUT2D eigenvalue weighted by Crippen LogP contribution is -2.51. The van der Waals surface area contributed by atoms with Crippen molar-refractivity contribution in [1.82, 2.24) is 88.8 Å². The van der Waals surface area contributed by atoms with Gasteiger partial charge in [0.2, 0.25) is 0 Å². The second-order valence-corrected chi connectivity index (χ2v) is 34.6. The van der Waals surface area contributed by atoms with E-state index in [1.807, 2.05) is 196 Å². The quantitative estimate of drug-likeness (QED) is 0.0297. The van der Waals surface area contributed by atoms with Crippen LogP contribution in [0.1, 0.15) is 58.6 Å². The number of fused-ring (bicyclic) bond motifs is 4. The Balaban J connectivity index is 0.000000134. The van der Waals surface area contributed by atoms with Gasteiger partial charge in [-0.25, -0.2) is 24.6 Å². The van der Waals surface area contributed by atoms with Crippen LogP contribution in [0.25, 0.3) is 89.2 Å². The van der Waals surface area contributed by atoms with E-state index in [0.29, 0.717) is 36.1 Å². The van der Waals surface area contributed by atoms with E-state index in [0.717, 1.165) is 255 Å². The largest absolute Gasteiger partial charge is 0.497 e. The van der Waals surface area contributed by atoms with Gasteiger partial charge < -0.3 is 87.6 Å². The molecular weight excluding hydrogens is 1770 g/mol. The molecule has 8 aromatic heterocycles. The number of benzene rings is 8. The van der Waals surface area contributed by atoms with Crippen LogP contribution in [0, 0.1) is 5.92 Å². The zero-order valence-electron chi connectivity index (χ0n) is 80.7. The van der Waals surface area contributed by atoms with Crippen LogP contribution in [0.2, 0.25) is 0 Å². The van der Waals surface area contributed by atoms with Gasteiger partial charge in [-0.15, -0.1) is 0 Å². The first-order chi connectivity index (χ1) is 67.6. The first-order valence-corrected chi connectivity index (χ1v) is 46.4. The highest BCUT2D eigenvalue weighted by atomic mass is 16.5. The van der Waals surface area contributed by atoms with Gasteiger partial charge in [0.15, 0.2) is 0 Å². The summed E-state index contributed by atoms with van der Waals surface area (Å²) in [6, 6.07) is 47.1. The van der Waals surface area contributed by atoms with Crippen molar-refractivity contribution in [2.45, 2.75) is 76.9 Å². The van der Waals surface area contributed by atoms with E-state index in [2.05, 4.69) is 84.2 Å². The maximum Gasteiger partial charge on any atom is 0.150 e. The molecule has 3 fully saturated rings. The summed E-state index contributed by atoms with van der Waals surface area (Å²) in [4.78, 5) is 51.1. The number of aryl methyl sites for hydroxylation is 3. The van der Waals surface area contributed by atoms with Crippen molar-refractivity contribution in [2.75, 3.05) is 155 Å². The van der Waals surface area contributed by atoms with Crippen LogP contribution >= 0.6 is 0 Å². The monoisotopic (exact) mass is 1880 g/mol. The lowest BCUT2D eigenvalue weighted by atomic mass is 10.1. The van der Waals surface area contributed by atoms with Crippen molar-refractivity contribution in [2.24, 2.45) is 27.1 Å². The van der Waals surface area contributed by atoms with Gasteiger partial charge in [-0.05, 0) is 129 Å². The minimum atomic E-state index is -0.536. The number of aliphatic hydroxyl groups excluding tert-OH is 4. The fourth-order valence-corrected chi connectivity index (χ4v) is 16.9. The van der Waals surface area contributed by atoms with Crippen molar-refractivity contribution in [3.8, 4) is 91.0 Å². The summed E-state index contributed by atoms with van der Waals surface area (Å²) in [6.45, 7) is 12.1. The Morgan fingerprint density at radius 1 is 0.381 bits per heavy atom. The van der Waals surface area contributed by atoms with Gasteiger partial charge in [0.25, 0.3) is 0 Å². The lowest BCUT2D eigenvalue weighted by molar-refractivity contribution is -0.0394. The van der Waals surface area contributed by atoms with E-state index in [1.165, 1.54) is 0 Å². The fraction of sp³-hybridized carbons (Fsp3) is 0.346. The summed E-state index contributed by atoms with van der Waals surface area (Å²) in [6.07, 6.45) is 26.8. The van der Waals surface area contributed by atoms with E-state index >= 15 is 0 Å². The molecule has 0 saturated carbocycles. The average Bonchev–Trinajstić information content (AvgIpc) is 1.57. The predicted octanol–water partition coefficient (Wildman–Crippen LogP) is 15.4. The second kappa shape index (κ2) is 45.5. The third-order valence-electron chi connectivity index (χ3n) is 24.8. The maximum atomic E-state index is 10.7. The van der Waals surface area contributed by atoms with Crippen LogP contribution in [0.4, 0.5) is 45.5 Å². The molecule has 2 unspecified atom stereocenters. The second-order valence-electron chi connectivity index (χ2n) is 34.6. The molecule has 724 valence electrons. The third-order valence-corrected chi connectivity index (χ3v) is 24.8. The number of rotatable bonds is 33. The van der Waals surface area contributed by atoms with Crippen molar-refractivity contribution < 1.29 is 63.1 Å². The Hall–Kier alpha value is -14.7. The van der Waals surface area contributed by atoms with E-state index in [4.69, 9.17) is 62.6 Å². The molecule has 3 aliphatic rings. The van der Waals surface area contributed by atoms with E-state index in [1.54, 1.807) is 120 Å². The molecule has 19 rings (SSSR count). The number of aliphatic hydroxyl groups is 4. The molecule has 0 aliphatic carbocycles. The van der Waals surface area contributed by atoms with Crippen LogP contribution in [0.15, 0.2) is 220 Å². The number of hydrogen-bond acceptors (Lipinski definition) is 31. The van der Waals surface area contributed by atoms with Gasteiger partial charge in [-0.3, -0.25) is 38.9 Å². The number of likely N-dealkylation sites (tertiary alicyclic amines) is 2. The first-order valence-electron chi connectivity index (χ1n) is 46.4. The number of piperidine rings is 1. The molecule has 16 aromatic rings. The molecule has 139 heavy (non-hydrogen) atoms. The zero-order valence-corrected chi connectivity index (χ0v) is 80.7. The molecule has 0 bridgehead atoms. The molecule has 8 aromatic carbocycles. The summed E-state index contributed by atoms with van der Waals surface area (Å²) in [5, 5.41) is 57.3. The van der Waals surface area contributed by atoms with E-state index < -0.39 is 6.10 Å². The van der Waals surface area contributed by atoms with Crippen molar-refractivity contribution >= 4 is 89.6 Å². The SMILES string of the molecule is COc1cc(OC)cc(N(CC(O)C(C)C)c2ccc3ncc(-c4cnn(C)c4)nc3c2)c1.COc1cc(OC)cc(N(CCCN2CC(O)C2)c2ccc3ncc(-c4cnn(C)c4)nc3c2)c1.COc1cc(OC)cc(N(CCN2CCC(O)CC2)c2ccc3ncc(-c4cnn(C)c4)nc3c2)c1.COc1ccc(OC)c(N(CCO)c2ccc3ncc(-c4cnn(C5CCCCO5)c4)nc3c2)c1. The molecule has 3 saturated heterocycles. The standard InChI is InChI=1S/C27H32N6O3.C26H30N6O3.C26H29N5O4.C25H29N5O3/c1-31-18-19(16-29-31)27-17-28-25-5-4-20(14-26(25)30-27)33(11-10-32-8-6-22(34)7-9-32)21-12-23(35-2)15-24(13-21)36-3;1-30-15-18(13-28-30)26-14-27-24-6-5-19(11-25(24)29-26)32(8-4-7-31-16-21(33)17-31)20-9-22(34-2)12-23(10-20)35-3;1-33-20-7-9-25(34-2)24(14-20)30(10-11-32)19-6-8-21-22(13-19)29-23(16-27-21)18-15-28-31(17-18)26-5-3-4-12-35-26;1-16(2)25(31)15-30(19-8-20(32-4)11-21(9-19)33-5)18-6-7-22-23(10-18)28-24(13-26-22)17-12-27-29(3)14-17/h4-5,12-18,22,34H,6-11H2,1-3H3;5-6,9-15,21,33H,4,7-8,16-17H2,1-3H3;6-9,13-17,26,32H,3-5,10-12H2,1-2H3;6-14,16,25,31H,15H2,1-5H3. The average molecular weight is 1890 g/mol. The van der Waals surface area contributed by atoms with Crippen LogP contribution < -0.4 is 57.5 Å². The number of aromatic nitrogens is 16. The number of methoxy groups -OCH3 is 8. The summed E-state index contributed by atoms with van der Waals surface area (Å²) in [5.41, 5.74) is 20.4. The highest BCUT2D eigenvalue weighted by Crippen LogP contribution is 2.42. The topological polar surface area (TPSA) is 358 Å². The van der Waals surface area contributed by atoms with Crippen LogP contribution in [-0.2, 0) is 25.9 Å². The molecule has 4 N–H and O–H groups in total. The molecular formula is C104H120N22O13. The van der Waals surface area contributed by atoms with Gasteiger partial charge in [0.05, 0.1) is 204 Å². The Labute approximate surface area is 807 Å². The van der Waals surface area contributed by atoms with Crippen LogP contribution in [0.3, 0.4) is 0 Å². The van der Waals surface area contributed by atoms with Crippen molar-refractivity contribution in [3.05, 3.63) is 220 Å². The highest BCUT2D eigenvalue weighted by Gasteiger charge is 2.28. The van der Waals surface area contributed by atoms with Crippen LogP contribution in [-0.4, -0.2) is 263 Å². The highest BCUT2D eigenvalue weighted by molar-refractivity contribution is 5.87. The molecule has 0 radical (unpaired) electrons. The van der Waals surface area contributed by atoms with Gasteiger partial charge in [0.1, 0.15) is 52.2 Å². The number of anilines is 8. The first kappa shape index (κ1) is 97.4. The van der Waals surface area contributed by atoms with E-state index in [9.17, 15) is 20.4 Å². The third kappa shape index (κ3) is 24.1. The Bertz CT molecular complexity index is 6750. The van der Waals surface area contributed by atoms with Gasteiger partial charge in [-0.1, -0.05) is 13.8 Å². The van der Waals surface area contributed by atoms with Gasteiger partial charge >= 0.3 is 0 Å². The molecule has 35 nitrogen and oxygen atoms in total. The molecule has 0 spiro atoms. The molecule has 3 aliphatic heterocycles. The molecule has 0 amide bonds. The minimum Gasteiger partial charge on any atom is -0.497 e. The lowest BCUT2D eigenvalue weighted by Gasteiger charge is -2.36. The summed E-state index contributed by atoms with van der Waals surface area (Å²) < 4.78 is 57.1. The fourth-order valence-electron chi connectivity index (χ4n) is 16.9. The van der Waals surface area contributed by atoms with Crippen molar-refractivity contribution in [3.63, 3.8) is 0 Å². The Morgan fingerprint density at radius 2 is 0.784 bits per heavy atom. The van der Waals surface area contributed by atoms with Gasteiger partial charge in [0, 0.05) is 241 Å². The summed E-state index contributed by atoms with van der Waals surface area (Å²) >= 11 is 0. The Morgan fingerprint density at radius 3 is 1.17 bits per heavy atom. The number of β-amino-alcohol motifs (C(OH)–C–C–N with tert-alkyl or cyclic N) is 1. The van der Waals surface area contributed by atoms with Crippen molar-refractivity contribution in [1.29, 1.82) is 0 Å². The number of ether oxygens (including phenoxy) is 9. The van der Waals surface area contributed by atoms with E-state index in [-0.39, 0.29) is 31.0 Å². The summed E-state index contributed by atoms with van der Waals surface area (Å²) in [7, 11) is 18.8. The summed E-state index contributed by atoms with van der Waals surface area (Å²) in [5.74, 6) is 5.74. The molecule has 2 atom stereocenters. The number of nitrogens with zero attached hydrogens (tertiary/aromatic N) is 22. The predicted molar refractivity (Wildman–Crippen MR) is 538 cm³/mol. The maximum absolute atomic E-state index is 10.7. The van der Waals surface area contributed by atoms with Crippen LogP contribution in [0.5, 0.6) is 46.0 Å². The number of hydrogen-bond donors (Lipinski definition) is 4. The minimum absolute atomic E-state index is 0.0256. The smallest absolute Gasteiger partial charge is 0.150 e. The normalized spacial score (nSPS) is 14.3. The molecule has 11 heterocycles. The Kier molecular flexibility index (Phi) is 31.9. The zero-order chi connectivity index (χ0) is 97.2.